The van der Waals surface area contributed by atoms with Crippen LogP contribution in [0.5, 0.6) is 0 Å². The minimum Gasteiger partial charge on any atom is -0.462 e. The van der Waals surface area contributed by atoms with E-state index in [9.17, 15) is 19.0 Å². The molecule has 0 spiro atoms. The van der Waals surface area contributed by atoms with Gasteiger partial charge < -0.3 is 20.1 Å². The predicted octanol–water partition coefficient (Wildman–Crippen LogP) is 9.49. The third-order valence-electron chi connectivity index (χ3n) is 7.65. The lowest BCUT2D eigenvalue weighted by molar-refractivity contribution is -0.161. The van der Waals surface area contributed by atoms with E-state index in [-0.39, 0.29) is 38.6 Å². The molecule has 1 unspecified atom stereocenters. The molecule has 0 aliphatic heterocycles. The van der Waals surface area contributed by atoms with E-state index in [1.54, 1.807) is 0 Å². The minimum atomic E-state index is -4.36. The van der Waals surface area contributed by atoms with E-state index in [0.29, 0.717) is 6.42 Å². The molecule has 0 amide bonds. The highest BCUT2D eigenvalue weighted by atomic mass is 31.2. The maximum atomic E-state index is 12.5. The van der Waals surface area contributed by atoms with Crippen molar-refractivity contribution >= 4 is 19.8 Å². The van der Waals surface area contributed by atoms with Gasteiger partial charge in [-0.3, -0.25) is 18.6 Å². The van der Waals surface area contributed by atoms with Crippen LogP contribution in [0.1, 0.15) is 168 Å². The van der Waals surface area contributed by atoms with Gasteiger partial charge in [-0.1, -0.05) is 129 Å². The molecule has 0 aliphatic rings. The molecule has 0 saturated heterocycles. The first-order chi connectivity index (χ1) is 21.8. The fourth-order valence-corrected chi connectivity index (χ4v) is 5.69. The van der Waals surface area contributed by atoms with Crippen molar-refractivity contribution in [1.82, 2.24) is 0 Å². The summed E-state index contributed by atoms with van der Waals surface area (Å²) in [6, 6.07) is 0. The van der Waals surface area contributed by atoms with E-state index >= 15 is 0 Å². The highest BCUT2D eigenvalue weighted by Gasteiger charge is 2.25. The quantitative estimate of drug-likeness (QED) is 0.0299. The zero-order valence-corrected chi connectivity index (χ0v) is 29.8. The van der Waals surface area contributed by atoms with Crippen molar-refractivity contribution in [3.05, 3.63) is 12.2 Å². The number of phosphoric ester groups is 1. The van der Waals surface area contributed by atoms with Gasteiger partial charge in [0.2, 0.25) is 0 Å². The second-order valence-corrected chi connectivity index (χ2v) is 13.5. The third-order valence-corrected chi connectivity index (χ3v) is 8.64. The van der Waals surface area contributed by atoms with Gasteiger partial charge in [-0.05, 0) is 38.5 Å². The molecule has 0 fully saturated rings. The van der Waals surface area contributed by atoms with Crippen molar-refractivity contribution in [2.75, 3.05) is 26.4 Å². The molecule has 0 aromatic rings. The number of carbonyl (C=O) groups is 2. The number of rotatable bonds is 34. The maximum absolute atomic E-state index is 12.5. The molecule has 0 saturated carbocycles. The highest BCUT2D eigenvalue weighted by Crippen LogP contribution is 2.43. The Hall–Kier alpha value is -1.25. The molecule has 0 aromatic carbocycles. The second-order valence-electron chi connectivity index (χ2n) is 12.1. The molecule has 0 bridgehead atoms. The monoisotopic (exact) mass is 661 g/mol. The molecule has 9 nitrogen and oxygen atoms in total. The van der Waals surface area contributed by atoms with Crippen LogP contribution in [0.2, 0.25) is 0 Å². The number of hydrogen-bond donors (Lipinski definition) is 2. The van der Waals surface area contributed by atoms with Crippen LogP contribution >= 0.6 is 7.82 Å². The van der Waals surface area contributed by atoms with Gasteiger partial charge in [0.25, 0.3) is 0 Å². The van der Waals surface area contributed by atoms with Gasteiger partial charge in [0.05, 0.1) is 13.2 Å². The molecule has 0 aromatic heterocycles. The summed E-state index contributed by atoms with van der Waals surface area (Å²) < 4.78 is 32.5. The third kappa shape index (κ3) is 32.5. The summed E-state index contributed by atoms with van der Waals surface area (Å²) in [4.78, 5) is 34.5. The summed E-state index contributed by atoms with van der Waals surface area (Å²) in [5.74, 6) is -0.854. The number of hydrogen-bond acceptors (Lipinski definition) is 8. The molecule has 0 aliphatic carbocycles. The van der Waals surface area contributed by atoms with Crippen LogP contribution in [-0.4, -0.2) is 49.3 Å². The minimum absolute atomic E-state index is 0.0528. The Morgan fingerprint density at radius 2 is 1.09 bits per heavy atom. The van der Waals surface area contributed by atoms with Gasteiger partial charge in [0.15, 0.2) is 6.10 Å². The lowest BCUT2D eigenvalue weighted by Gasteiger charge is -2.19. The van der Waals surface area contributed by atoms with E-state index in [1.165, 1.54) is 96.3 Å². The van der Waals surface area contributed by atoms with Crippen molar-refractivity contribution in [1.29, 1.82) is 0 Å². The molecule has 0 rings (SSSR count). The van der Waals surface area contributed by atoms with Gasteiger partial charge in [0, 0.05) is 19.4 Å². The first-order valence-electron chi connectivity index (χ1n) is 18.2. The summed E-state index contributed by atoms with van der Waals surface area (Å²) in [5.41, 5.74) is 5.32. The Kier molecular flexibility index (Phi) is 31.8. The van der Waals surface area contributed by atoms with Crippen LogP contribution in [0.15, 0.2) is 12.2 Å². The number of nitrogens with two attached hydrogens (primary N) is 1. The van der Waals surface area contributed by atoms with Crippen LogP contribution in [0.3, 0.4) is 0 Å². The summed E-state index contributed by atoms with van der Waals surface area (Å²) in [7, 11) is -4.36. The van der Waals surface area contributed by atoms with Crippen molar-refractivity contribution in [2.45, 2.75) is 174 Å². The van der Waals surface area contributed by atoms with Crippen molar-refractivity contribution in [3.8, 4) is 0 Å². The van der Waals surface area contributed by atoms with Crippen molar-refractivity contribution < 1.29 is 37.6 Å². The van der Waals surface area contributed by atoms with Gasteiger partial charge in [-0.15, -0.1) is 0 Å². The Morgan fingerprint density at radius 1 is 0.644 bits per heavy atom. The number of ether oxygens (including phenoxy) is 2. The lowest BCUT2D eigenvalue weighted by atomic mass is 10.1. The molecule has 0 radical (unpaired) electrons. The van der Waals surface area contributed by atoms with Crippen LogP contribution in [0.4, 0.5) is 0 Å². The van der Waals surface area contributed by atoms with E-state index in [1.807, 2.05) is 0 Å². The number of esters is 2. The fourth-order valence-electron chi connectivity index (χ4n) is 4.92. The molecular formula is C35H68NO8P. The Bertz CT molecular complexity index is 764. The van der Waals surface area contributed by atoms with E-state index in [0.717, 1.165) is 38.5 Å². The fraction of sp³-hybridized carbons (Fsp3) is 0.886. The molecule has 45 heavy (non-hydrogen) atoms. The molecule has 10 heteroatoms. The number of phosphoric acid groups is 1. The second kappa shape index (κ2) is 32.7. The number of unbranched alkanes of at least 4 members (excludes halogenated alkanes) is 19. The highest BCUT2D eigenvalue weighted by molar-refractivity contribution is 7.47. The first-order valence-corrected chi connectivity index (χ1v) is 19.7. The SMILES string of the molecule is CCCCCCCCCCC/C=C/CCCCC(=O)O[C@H](COC(=O)CCCCCCCCCCC)COP(=O)(O)OCCN. The smallest absolute Gasteiger partial charge is 0.462 e. The molecule has 2 atom stereocenters. The van der Waals surface area contributed by atoms with E-state index in [4.69, 9.17) is 24.3 Å². The van der Waals surface area contributed by atoms with Crippen LogP contribution in [-0.2, 0) is 32.7 Å². The summed E-state index contributed by atoms with van der Waals surface area (Å²) in [6.45, 7) is 3.68. The normalized spacial score (nSPS) is 13.6. The molecule has 266 valence electrons. The van der Waals surface area contributed by atoms with Crippen molar-refractivity contribution in [2.24, 2.45) is 5.73 Å². The Labute approximate surface area is 275 Å². The van der Waals surface area contributed by atoms with Crippen LogP contribution in [0, 0.1) is 0 Å². The average molecular weight is 662 g/mol. The van der Waals surface area contributed by atoms with Gasteiger partial charge in [-0.2, -0.15) is 0 Å². The first kappa shape index (κ1) is 43.8. The summed E-state index contributed by atoms with van der Waals surface area (Å²) >= 11 is 0. The average Bonchev–Trinajstić information content (AvgIpc) is 3.02. The Balaban J connectivity index is 4.25. The van der Waals surface area contributed by atoms with E-state index < -0.39 is 26.5 Å². The Morgan fingerprint density at radius 3 is 1.62 bits per heavy atom. The van der Waals surface area contributed by atoms with Gasteiger partial charge in [-0.25, -0.2) is 4.57 Å². The largest absolute Gasteiger partial charge is 0.472 e. The number of carbonyl (C=O) groups excluding carboxylic acids is 2. The lowest BCUT2D eigenvalue weighted by Crippen LogP contribution is -2.29. The predicted molar refractivity (Wildman–Crippen MR) is 183 cm³/mol. The standard InChI is InChI=1S/C35H68NO8P/c1-3-5-7-9-11-13-14-15-16-17-18-20-22-24-26-28-35(38)44-33(32-43-45(39,40)42-30-29-36)31-41-34(37)27-25-23-21-19-12-10-8-6-4-2/h18,20,33H,3-17,19,21-32,36H2,1-2H3,(H,39,40)/b20-18+/t33-/m1/s1. The molecule has 0 heterocycles. The molecule has 3 N–H and O–H groups in total. The van der Waals surface area contributed by atoms with Crippen LogP contribution < -0.4 is 5.73 Å². The zero-order valence-electron chi connectivity index (χ0n) is 28.9. The number of allylic oxidation sites excluding steroid dienone is 2. The summed E-state index contributed by atoms with van der Waals surface area (Å²) in [5, 5.41) is 0. The maximum Gasteiger partial charge on any atom is 0.472 e. The van der Waals surface area contributed by atoms with Gasteiger partial charge >= 0.3 is 19.8 Å². The van der Waals surface area contributed by atoms with Crippen LogP contribution in [0.25, 0.3) is 0 Å². The molecular weight excluding hydrogens is 593 g/mol. The zero-order chi connectivity index (χ0) is 33.3. The van der Waals surface area contributed by atoms with Gasteiger partial charge in [0.1, 0.15) is 6.61 Å². The topological polar surface area (TPSA) is 134 Å². The summed E-state index contributed by atoms with van der Waals surface area (Å²) in [6.07, 6.45) is 29.7. The van der Waals surface area contributed by atoms with Crippen molar-refractivity contribution in [3.63, 3.8) is 0 Å². The van der Waals surface area contributed by atoms with E-state index in [2.05, 4.69) is 26.0 Å².